The summed E-state index contributed by atoms with van der Waals surface area (Å²) < 4.78 is 5.13. The summed E-state index contributed by atoms with van der Waals surface area (Å²) in [6.07, 6.45) is 9.75. The van der Waals surface area contributed by atoms with E-state index >= 15 is 0 Å². The summed E-state index contributed by atoms with van der Waals surface area (Å²) in [6, 6.07) is 4.29. The number of rotatable bonds is 0. The number of H-pyrrole nitrogens is 4. The minimum atomic E-state index is -0.483. The van der Waals surface area contributed by atoms with Crippen LogP contribution in [0.3, 0.4) is 0 Å². The maximum absolute atomic E-state index is 12.4. The Hall–Kier alpha value is -4.26. The lowest BCUT2D eigenvalue weighted by Gasteiger charge is -2.07. The first kappa shape index (κ1) is 23.2. The predicted octanol–water partition coefficient (Wildman–Crippen LogP) is 1.81. The largest absolute Gasteiger partial charge is 0.393 e. The Balaban J connectivity index is 1.70. The first-order valence-electron chi connectivity index (χ1n) is 12.7. The molecule has 8 bridgehead atoms. The fraction of sp³-hybridized carbons (Fsp3) is 0.267. The molecule has 4 aromatic rings. The Morgan fingerprint density at radius 2 is 1.32 bits per heavy atom. The number of carbonyl (C=O) groups excluding carboxylic acids is 2. The molecule has 6 rings (SSSR count). The average Bonchev–Trinajstić information content (AvgIpc) is 3.52. The Morgan fingerprint density at radius 3 is 2.11 bits per heavy atom. The summed E-state index contributed by atoms with van der Waals surface area (Å²) in [7, 11) is 0. The number of nitrogens with one attached hydrogen (secondary N) is 4. The number of hydrogen-bond donors (Lipinski definition) is 4. The van der Waals surface area contributed by atoms with Crippen LogP contribution in [0.25, 0.3) is 24.3 Å². The molecule has 0 unspecified atom stereocenters. The number of aromatic nitrogens is 4. The zero-order chi connectivity index (χ0) is 25.8. The van der Waals surface area contributed by atoms with Gasteiger partial charge in [0.25, 0.3) is 0 Å². The van der Waals surface area contributed by atoms with Crippen LogP contribution in [0.5, 0.6) is 0 Å². The molecule has 37 heavy (non-hydrogen) atoms. The van der Waals surface area contributed by atoms with Gasteiger partial charge in [0.15, 0.2) is 0 Å². The van der Waals surface area contributed by atoms with Crippen LogP contribution in [0.2, 0.25) is 0 Å². The molecule has 0 aromatic carbocycles. The van der Waals surface area contributed by atoms with Gasteiger partial charge < -0.3 is 24.7 Å². The van der Waals surface area contributed by atoms with Gasteiger partial charge >= 0.3 is 11.9 Å². The molecule has 0 amide bonds. The second kappa shape index (κ2) is 8.69. The zero-order valence-corrected chi connectivity index (χ0v) is 21.5. The number of fused-ring (bicyclic) bond motifs is 6. The van der Waals surface area contributed by atoms with Gasteiger partial charge in [-0.15, -0.1) is 0 Å². The molecule has 0 fully saturated rings. The lowest BCUT2D eigenvalue weighted by atomic mass is 10.0. The lowest BCUT2D eigenvalue weighted by Crippen LogP contribution is -2.17. The van der Waals surface area contributed by atoms with Crippen LogP contribution in [0.15, 0.2) is 12.1 Å². The fourth-order valence-corrected chi connectivity index (χ4v) is 5.48. The van der Waals surface area contributed by atoms with Crippen LogP contribution in [0.4, 0.5) is 0 Å². The Morgan fingerprint density at radius 1 is 0.595 bits per heavy atom. The molecule has 0 saturated carbocycles. The van der Waals surface area contributed by atoms with E-state index < -0.39 is 11.9 Å². The highest BCUT2D eigenvalue weighted by Crippen LogP contribution is 2.23. The minimum Gasteiger partial charge on any atom is -0.393 e. The maximum Gasteiger partial charge on any atom is 0.313 e. The molecule has 0 saturated heterocycles. The van der Waals surface area contributed by atoms with Gasteiger partial charge in [-0.05, 0) is 110 Å². The highest BCUT2D eigenvalue weighted by Gasteiger charge is 2.19. The van der Waals surface area contributed by atoms with Gasteiger partial charge in [-0.3, -0.25) is 9.59 Å². The molecular formula is C30H30N4O3. The number of hydrogen-bond acceptors (Lipinski definition) is 3. The predicted molar refractivity (Wildman–Crippen MR) is 143 cm³/mol. The van der Waals surface area contributed by atoms with Crippen molar-refractivity contribution in [1.82, 2.24) is 19.9 Å². The van der Waals surface area contributed by atoms with Gasteiger partial charge in [-0.1, -0.05) is 0 Å². The smallest absolute Gasteiger partial charge is 0.313 e. The molecule has 2 aliphatic heterocycles. The third kappa shape index (κ3) is 4.20. The van der Waals surface area contributed by atoms with E-state index in [4.69, 9.17) is 4.74 Å². The third-order valence-electron chi connectivity index (χ3n) is 7.62. The summed E-state index contributed by atoms with van der Waals surface area (Å²) in [5, 5.41) is 3.99. The second-order valence-electron chi connectivity index (χ2n) is 10.2. The van der Waals surface area contributed by atoms with E-state index in [-0.39, 0.29) is 12.8 Å². The number of aryl methyl sites for hydroxylation is 2. The van der Waals surface area contributed by atoms with Crippen LogP contribution in [0, 0.1) is 27.7 Å². The van der Waals surface area contributed by atoms with Gasteiger partial charge in [-0.2, -0.15) is 0 Å². The van der Waals surface area contributed by atoms with Crippen molar-refractivity contribution < 1.29 is 14.3 Å². The van der Waals surface area contributed by atoms with Crippen molar-refractivity contribution in [3.63, 3.8) is 0 Å². The standard InChI is InChI=1S/C30H30N4O3/c1-15-9-20-12-25-17(3)21-5-7-29(35)37-30(36)8-6-22-18(4)26(34-28(22)14-27(21)33-25)13-24-16(2)10-19(32-24)11-23(15)31-20/h9-14,31-34H,5-8H2,1-4H3. The van der Waals surface area contributed by atoms with E-state index in [1.807, 2.05) is 0 Å². The average molecular weight is 495 g/mol. The Kier molecular flexibility index (Phi) is 5.44. The number of esters is 2. The first-order chi connectivity index (χ1) is 17.7. The molecule has 4 aromatic heterocycles. The normalized spacial score (nSPS) is 15.2. The van der Waals surface area contributed by atoms with Crippen LogP contribution in [-0.4, -0.2) is 31.9 Å². The number of ether oxygens (including phenoxy) is 1. The van der Waals surface area contributed by atoms with Crippen molar-refractivity contribution in [2.45, 2.75) is 53.4 Å². The summed E-state index contributed by atoms with van der Waals surface area (Å²) in [5.41, 5.74) is 10.5. The van der Waals surface area contributed by atoms with Crippen LogP contribution < -0.4 is 21.4 Å². The number of cyclic esters (lactones) is 2. The van der Waals surface area contributed by atoms with Gasteiger partial charge in [0.2, 0.25) is 0 Å². The highest BCUT2D eigenvalue weighted by atomic mass is 16.6. The van der Waals surface area contributed by atoms with Crippen molar-refractivity contribution in [2.24, 2.45) is 0 Å². The second-order valence-corrected chi connectivity index (χ2v) is 10.2. The molecule has 2 aliphatic rings. The van der Waals surface area contributed by atoms with Crippen molar-refractivity contribution in [2.75, 3.05) is 0 Å². The van der Waals surface area contributed by atoms with Gasteiger partial charge in [0.1, 0.15) is 0 Å². The third-order valence-corrected chi connectivity index (χ3v) is 7.62. The summed E-state index contributed by atoms with van der Waals surface area (Å²) in [5.74, 6) is -0.967. The van der Waals surface area contributed by atoms with E-state index in [9.17, 15) is 9.59 Å². The molecular weight excluding hydrogens is 464 g/mol. The SMILES string of the molecule is Cc1cc2[nH]c1C=c1cc(C)c([nH]1)=Cc1[nH]c3c(c1C)CCC(=O)OC(=O)CCc1c(C)c([nH]c1=C3)=C2. The van der Waals surface area contributed by atoms with Crippen LogP contribution in [-0.2, 0) is 27.2 Å². The first-order valence-corrected chi connectivity index (χ1v) is 12.7. The number of carbonyl (C=O) groups is 2. The number of aromatic amines is 4. The highest BCUT2D eigenvalue weighted by molar-refractivity contribution is 5.86. The topological polar surface area (TPSA) is 107 Å². The van der Waals surface area contributed by atoms with Crippen molar-refractivity contribution in [1.29, 1.82) is 0 Å². The molecule has 6 heterocycles. The van der Waals surface area contributed by atoms with Crippen LogP contribution in [0.1, 0.15) is 69.0 Å². The molecule has 7 nitrogen and oxygen atoms in total. The summed E-state index contributed by atoms with van der Waals surface area (Å²) >= 11 is 0. The molecule has 188 valence electrons. The quantitative estimate of drug-likeness (QED) is 0.195. The zero-order valence-electron chi connectivity index (χ0n) is 21.5. The van der Waals surface area contributed by atoms with Gasteiger partial charge in [-0.25, -0.2) is 0 Å². The molecule has 0 spiro atoms. The molecule has 4 N–H and O–H groups in total. The molecule has 0 radical (unpaired) electrons. The molecule has 0 atom stereocenters. The van der Waals surface area contributed by atoms with Crippen molar-refractivity contribution in [3.05, 3.63) is 89.7 Å². The van der Waals surface area contributed by atoms with Gasteiger partial charge in [0.05, 0.1) is 12.8 Å². The minimum absolute atomic E-state index is 0.148. The van der Waals surface area contributed by atoms with E-state index in [2.05, 4.69) is 84.1 Å². The summed E-state index contributed by atoms with van der Waals surface area (Å²) in [4.78, 5) is 39.1. The maximum atomic E-state index is 12.4. The van der Waals surface area contributed by atoms with Crippen molar-refractivity contribution >= 4 is 36.2 Å². The van der Waals surface area contributed by atoms with E-state index in [1.54, 1.807) is 0 Å². The Bertz CT molecular complexity index is 1840. The Labute approximate surface area is 213 Å². The lowest BCUT2D eigenvalue weighted by molar-refractivity contribution is -0.159. The van der Waals surface area contributed by atoms with Crippen LogP contribution >= 0.6 is 0 Å². The monoisotopic (exact) mass is 494 g/mol. The molecule has 0 aliphatic carbocycles. The molecule has 7 heteroatoms. The van der Waals surface area contributed by atoms with E-state index in [0.29, 0.717) is 12.8 Å². The van der Waals surface area contributed by atoms with Crippen molar-refractivity contribution in [3.8, 4) is 0 Å². The van der Waals surface area contributed by atoms with E-state index in [1.165, 1.54) is 0 Å². The fourth-order valence-electron chi connectivity index (χ4n) is 5.48. The van der Waals surface area contributed by atoms with E-state index in [0.717, 1.165) is 77.6 Å². The van der Waals surface area contributed by atoms with Gasteiger partial charge in [0, 0.05) is 44.2 Å². The summed E-state index contributed by atoms with van der Waals surface area (Å²) in [6.45, 7) is 8.33.